The van der Waals surface area contributed by atoms with E-state index in [9.17, 15) is 19.2 Å². The molecule has 1 N–H and O–H groups in total. The molecule has 1 unspecified atom stereocenters. The summed E-state index contributed by atoms with van der Waals surface area (Å²) in [5.74, 6) is -2.37. The predicted molar refractivity (Wildman–Crippen MR) is 85.1 cm³/mol. The minimum absolute atomic E-state index is 0.135. The first kappa shape index (κ1) is 17.7. The Hall–Kier alpha value is -2.70. The van der Waals surface area contributed by atoms with Gasteiger partial charge in [0.05, 0.1) is 19.7 Å². The minimum Gasteiger partial charge on any atom is -0.465 e. The van der Waals surface area contributed by atoms with Crippen molar-refractivity contribution in [2.24, 2.45) is 5.92 Å². The Kier molecular flexibility index (Phi) is 6.06. The largest absolute Gasteiger partial charge is 0.465 e. The summed E-state index contributed by atoms with van der Waals surface area (Å²) in [7, 11) is 0. The first-order chi connectivity index (χ1) is 11.5. The van der Waals surface area contributed by atoms with Gasteiger partial charge < -0.3 is 15.0 Å². The zero-order valence-electron chi connectivity index (χ0n) is 13.5. The molecule has 7 heteroatoms. The third-order valence-electron chi connectivity index (χ3n) is 3.78. The topological polar surface area (TPSA) is 92.8 Å². The van der Waals surface area contributed by atoms with Crippen LogP contribution in [0.3, 0.4) is 0 Å². The number of hydrogen-bond donors (Lipinski definition) is 1. The standard InChI is InChI=1S/C17H20N2O5/c1-2-24-17(23)13-8-9-19(11-14(13)20)15(21)10-18-16(22)12-6-4-3-5-7-12/h3-7,13H,2,8-11H2,1H3,(H,18,22). The molecule has 1 aliphatic rings. The number of Topliss-reactive ketones (excluding diaryl/α,β-unsaturated/α-hetero) is 1. The van der Waals surface area contributed by atoms with Crippen molar-refractivity contribution < 1.29 is 23.9 Å². The lowest BCUT2D eigenvalue weighted by molar-refractivity contribution is -0.155. The van der Waals surface area contributed by atoms with Crippen LogP contribution in [0, 0.1) is 5.92 Å². The lowest BCUT2D eigenvalue weighted by Crippen LogP contribution is -2.49. The molecule has 0 saturated carbocycles. The number of amides is 2. The van der Waals surface area contributed by atoms with E-state index >= 15 is 0 Å². The van der Waals surface area contributed by atoms with Crippen molar-refractivity contribution in [3.63, 3.8) is 0 Å². The molecule has 0 aliphatic carbocycles. The Morgan fingerprint density at radius 1 is 1.25 bits per heavy atom. The molecule has 1 saturated heterocycles. The fourth-order valence-electron chi connectivity index (χ4n) is 2.49. The highest BCUT2D eigenvalue weighted by atomic mass is 16.5. The highest BCUT2D eigenvalue weighted by molar-refractivity contribution is 6.02. The molecule has 0 spiro atoms. The van der Waals surface area contributed by atoms with E-state index in [1.165, 1.54) is 4.90 Å². The van der Waals surface area contributed by atoms with Crippen molar-refractivity contribution in [2.75, 3.05) is 26.2 Å². The Bertz CT molecular complexity index is 629. The molecule has 1 atom stereocenters. The van der Waals surface area contributed by atoms with Crippen molar-refractivity contribution in [3.8, 4) is 0 Å². The number of benzene rings is 1. The Labute approximate surface area is 140 Å². The maximum atomic E-state index is 12.1. The normalized spacial score (nSPS) is 17.3. The van der Waals surface area contributed by atoms with E-state index in [2.05, 4.69) is 5.32 Å². The van der Waals surface area contributed by atoms with Gasteiger partial charge in [0, 0.05) is 12.1 Å². The van der Waals surface area contributed by atoms with Gasteiger partial charge >= 0.3 is 5.97 Å². The molecule has 24 heavy (non-hydrogen) atoms. The van der Waals surface area contributed by atoms with Crippen LogP contribution in [0.15, 0.2) is 30.3 Å². The van der Waals surface area contributed by atoms with Crippen LogP contribution in [0.4, 0.5) is 0 Å². The number of likely N-dealkylation sites (tertiary alicyclic amines) is 1. The Morgan fingerprint density at radius 3 is 2.58 bits per heavy atom. The van der Waals surface area contributed by atoms with Crippen molar-refractivity contribution in [1.29, 1.82) is 0 Å². The van der Waals surface area contributed by atoms with E-state index in [0.717, 1.165) is 0 Å². The van der Waals surface area contributed by atoms with E-state index in [1.54, 1.807) is 37.3 Å². The number of ether oxygens (including phenoxy) is 1. The van der Waals surface area contributed by atoms with Crippen molar-refractivity contribution in [1.82, 2.24) is 10.2 Å². The van der Waals surface area contributed by atoms with E-state index in [4.69, 9.17) is 4.74 Å². The average molecular weight is 332 g/mol. The van der Waals surface area contributed by atoms with E-state index in [-0.39, 0.29) is 50.3 Å². The van der Waals surface area contributed by atoms with Crippen molar-refractivity contribution in [3.05, 3.63) is 35.9 Å². The van der Waals surface area contributed by atoms with Gasteiger partial charge in [-0.1, -0.05) is 18.2 Å². The summed E-state index contributed by atoms with van der Waals surface area (Å²) in [5.41, 5.74) is 0.461. The Morgan fingerprint density at radius 2 is 1.96 bits per heavy atom. The first-order valence-corrected chi connectivity index (χ1v) is 7.83. The number of nitrogens with one attached hydrogen (secondary N) is 1. The molecule has 128 valence electrons. The molecule has 0 radical (unpaired) electrons. The summed E-state index contributed by atoms with van der Waals surface area (Å²) >= 11 is 0. The number of rotatable bonds is 5. The Balaban J connectivity index is 1.83. The zero-order valence-corrected chi connectivity index (χ0v) is 13.5. The molecule has 1 fully saturated rings. The smallest absolute Gasteiger partial charge is 0.316 e. The second kappa shape index (κ2) is 8.24. The third-order valence-corrected chi connectivity index (χ3v) is 3.78. The van der Waals surface area contributed by atoms with Crippen LogP contribution in [0.1, 0.15) is 23.7 Å². The van der Waals surface area contributed by atoms with Gasteiger partial charge in [0.15, 0.2) is 5.78 Å². The summed E-state index contributed by atoms with van der Waals surface area (Å²) in [6.45, 7) is 1.86. The SMILES string of the molecule is CCOC(=O)C1CCN(C(=O)CNC(=O)c2ccccc2)CC1=O. The van der Waals surface area contributed by atoms with Crippen LogP contribution in [0.5, 0.6) is 0 Å². The molecular formula is C17H20N2O5. The second-order valence-corrected chi connectivity index (χ2v) is 5.42. The number of hydrogen-bond acceptors (Lipinski definition) is 5. The highest BCUT2D eigenvalue weighted by Crippen LogP contribution is 2.15. The van der Waals surface area contributed by atoms with Crippen molar-refractivity contribution in [2.45, 2.75) is 13.3 Å². The molecule has 1 aromatic rings. The molecular weight excluding hydrogens is 312 g/mol. The lowest BCUT2D eigenvalue weighted by Gasteiger charge is -2.29. The second-order valence-electron chi connectivity index (χ2n) is 5.42. The van der Waals surface area contributed by atoms with E-state index in [1.807, 2.05) is 0 Å². The first-order valence-electron chi connectivity index (χ1n) is 7.83. The average Bonchev–Trinajstić information content (AvgIpc) is 2.60. The monoisotopic (exact) mass is 332 g/mol. The maximum Gasteiger partial charge on any atom is 0.316 e. The molecule has 2 amide bonds. The number of esters is 1. The van der Waals surface area contributed by atoms with Gasteiger partial charge in [-0.15, -0.1) is 0 Å². The van der Waals surface area contributed by atoms with Gasteiger partial charge in [0.25, 0.3) is 5.91 Å². The maximum absolute atomic E-state index is 12.1. The molecule has 1 aromatic carbocycles. The molecule has 1 aliphatic heterocycles. The van der Waals surface area contributed by atoms with Crippen LogP contribution in [0.2, 0.25) is 0 Å². The zero-order chi connectivity index (χ0) is 17.5. The van der Waals surface area contributed by atoms with Crippen LogP contribution in [-0.4, -0.2) is 54.7 Å². The highest BCUT2D eigenvalue weighted by Gasteiger charge is 2.35. The number of nitrogens with zero attached hydrogens (tertiary/aromatic N) is 1. The number of carbonyl (C=O) groups is 4. The number of carbonyl (C=O) groups excluding carboxylic acids is 4. The van der Waals surface area contributed by atoms with Crippen LogP contribution in [0.25, 0.3) is 0 Å². The van der Waals surface area contributed by atoms with Gasteiger partial charge in [-0.2, -0.15) is 0 Å². The molecule has 2 rings (SSSR count). The van der Waals surface area contributed by atoms with E-state index < -0.39 is 11.9 Å². The fraction of sp³-hybridized carbons (Fsp3) is 0.412. The third kappa shape index (κ3) is 4.41. The van der Waals surface area contributed by atoms with Crippen LogP contribution in [-0.2, 0) is 19.1 Å². The summed E-state index contributed by atoms with van der Waals surface area (Å²) < 4.78 is 4.86. The van der Waals surface area contributed by atoms with Gasteiger partial charge in [-0.3, -0.25) is 19.2 Å². The summed E-state index contributed by atoms with van der Waals surface area (Å²) in [6, 6.07) is 8.55. The van der Waals surface area contributed by atoms with Gasteiger partial charge in [0.1, 0.15) is 5.92 Å². The van der Waals surface area contributed by atoms with Crippen molar-refractivity contribution >= 4 is 23.6 Å². The predicted octanol–water partition coefficient (Wildman–Crippen LogP) is 0.397. The van der Waals surface area contributed by atoms with Gasteiger partial charge in [-0.05, 0) is 25.5 Å². The lowest BCUT2D eigenvalue weighted by atomic mass is 9.95. The summed E-state index contributed by atoms with van der Waals surface area (Å²) in [6.07, 6.45) is 0.246. The molecule has 1 heterocycles. The molecule has 0 bridgehead atoms. The summed E-state index contributed by atoms with van der Waals surface area (Å²) in [5, 5.41) is 2.53. The number of ketones is 1. The van der Waals surface area contributed by atoms with Gasteiger partial charge in [-0.25, -0.2) is 0 Å². The molecule has 0 aromatic heterocycles. The fourth-order valence-corrected chi connectivity index (χ4v) is 2.49. The van der Waals surface area contributed by atoms with Gasteiger partial charge in [0.2, 0.25) is 5.91 Å². The number of piperidine rings is 1. The van der Waals surface area contributed by atoms with Crippen LogP contribution < -0.4 is 5.32 Å². The molecule has 7 nitrogen and oxygen atoms in total. The van der Waals surface area contributed by atoms with E-state index in [0.29, 0.717) is 5.56 Å². The summed E-state index contributed by atoms with van der Waals surface area (Å²) in [4.78, 5) is 49.0. The minimum atomic E-state index is -0.798. The quantitative estimate of drug-likeness (QED) is 0.622. The van der Waals surface area contributed by atoms with Crippen LogP contribution >= 0.6 is 0 Å².